The van der Waals surface area contributed by atoms with Crippen molar-refractivity contribution < 1.29 is 13.2 Å². The summed E-state index contributed by atoms with van der Waals surface area (Å²) in [5.74, 6) is -0.424. The topological polar surface area (TPSA) is 79.0 Å². The predicted octanol–water partition coefficient (Wildman–Crippen LogP) is 1.64. The molecular weight excluding hydrogens is 288 g/mol. The summed E-state index contributed by atoms with van der Waals surface area (Å²) in [6.45, 7) is 0. The number of aromatic amines is 1. The molecule has 0 fully saturated rings. The fraction of sp³-hybridized carbons (Fsp3) is 0.250. The first-order chi connectivity index (χ1) is 8.96. The van der Waals surface area contributed by atoms with Gasteiger partial charge >= 0.3 is 0 Å². The summed E-state index contributed by atoms with van der Waals surface area (Å²) in [6, 6.07) is 5.16. The molecule has 0 bridgehead atoms. The van der Waals surface area contributed by atoms with Crippen LogP contribution < -0.4 is 4.72 Å². The number of hydrogen-bond donors (Lipinski definition) is 2. The standard InChI is InChI=1S/C12H13ClN2O3S/c1-14-19(17,18)7-8-2-3-11-9(4-8)10(6-15-11)12(16)5-13/h2-4,6,14-15H,5,7H2,1H3. The molecule has 0 amide bonds. The third-order valence-corrected chi connectivity index (χ3v) is 4.41. The lowest BCUT2D eigenvalue weighted by molar-refractivity contribution is 0.102. The summed E-state index contributed by atoms with van der Waals surface area (Å²) in [5, 5.41) is 0.689. The van der Waals surface area contributed by atoms with Crippen LogP contribution in [0.3, 0.4) is 0 Å². The van der Waals surface area contributed by atoms with Crippen LogP contribution in [0.25, 0.3) is 10.9 Å². The van der Waals surface area contributed by atoms with Gasteiger partial charge in [-0.2, -0.15) is 0 Å². The molecule has 7 heteroatoms. The number of benzene rings is 1. The number of hydrogen-bond acceptors (Lipinski definition) is 3. The molecule has 0 spiro atoms. The van der Waals surface area contributed by atoms with Crippen molar-refractivity contribution in [3.05, 3.63) is 35.5 Å². The van der Waals surface area contributed by atoms with E-state index < -0.39 is 10.0 Å². The molecule has 1 aromatic carbocycles. The molecule has 1 heterocycles. The number of ketones is 1. The monoisotopic (exact) mass is 300 g/mol. The van der Waals surface area contributed by atoms with Gasteiger partial charge in [0.2, 0.25) is 10.0 Å². The summed E-state index contributed by atoms with van der Waals surface area (Å²) in [4.78, 5) is 14.6. The van der Waals surface area contributed by atoms with Crippen LogP contribution in [0.5, 0.6) is 0 Å². The van der Waals surface area contributed by atoms with Crippen molar-refractivity contribution in [2.75, 3.05) is 12.9 Å². The molecule has 2 rings (SSSR count). The Morgan fingerprint density at radius 1 is 1.42 bits per heavy atom. The van der Waals surface area contributed by atoms with Gasteiger partial charge in [0, 0.05) is 22.7 Å². The van der Waals surface area contributed by atoms with E-state index in [1.807, 2.05) is 0 Å². The van der Waals surface area contributed by atoms with E-state index in [9.17, 15) is 13.2 Å². The van der Waals surface area contributed by atoms with E-state index in [4.69, 9.17) is 11.6 Å². The van der Waals surface area contributed by atoms with Gasteiger partial charge in [-0.3, -0.25) is 4.79 Å². The number of aromatic nitrogens is 1. The number of carbonyl (C=O) groups excluding carboxylic acids is 1. The third kappa shape index (κ3) is 2.97. The number of Topliss-reactive ketones (excluding diaryl/α,β-unsaturated/α-hetero) is 1. The highest BCUT2D eigenvalue weighted by Crippen LogP contribution is 2.21. The van der Waals surface area contributed by atoms with E-state index in [0.29, 0.717) is 16.5 Å². The Kier molecular flexibility index (Phi) is 3.93. The molecule has 0 atom stereocenters. The van der Waals surface area contributed by atoms with E-state index in [1.54, 1.807) is 24.4 Å². The summed E-state index contributed by atoms with van der Waals surface area (Å²) in [5.41, 5.74) is 1.87. The van der Waals surface area contributed by atoms with E-state index in [-0.39, 0.29) is 17.4 Å². The van der Waals surface area contributed by atoms with Gasteiger partial charge in [0.05, 0.1) is 11.6 Å². The van der Waals surface area contributed by atoms with Gasteiger partial charge in [-0.15, -0.1) is 11.6 Å². The van der Waals surface area contributed by atoms with Crippen molar-refractivity contribution >= 4 is 38.3 Å². The molecule has 0 saturated carbocycles. The first-order valence-electron chi connectivity index (χ1n) is 5.57. The van der Waals surface area contributed by atoms with Gasteiger partial charge in [0.25, 0.3) is 0 Å². The minimum Gasteiger partial charge on any atom is -0.360 e. The molecular formula is C12H13ClN2O3S. The Morgan fingerprint density at radius 3 is 2.79 bits per heavy atom. The van der Waals surface area contributed by atoms with Crippen molar-refractivity contribution in [3.63, 3.8) is 0 Å². The van der Waals surface area contributed by atoms with Crippen LogP contribution in [0.15, 0.2) is 24.4 Å². The number of H-pyrrole nitrogens is 1. The van der Waals surface area contributed by atoms with Crippen LogP contribution in [0.4, 0.5) is 0 Å². The number of carbonyl (C=O) groups is 1. The SMILES string of the molecule is CNS(=O)(=O)Cc1ccc2[nH]cc(C(=O)CCl)c2c1. The molecule has 0 aliphatic rings. The minimum absolute atomic E-state index is 0.105. The van der Waals surface area contributed by atoms with Crippen LogP contribution in [0.1, 0.15) is 15.9 Å². The largest absolute Gasteiger partial charge is 0.360 e. The number of halogens is 1. The second kappa shape index (κ2) is 5.32. The van der Waals surface area contributed by atoms with E-state index in [1.165, 1.54) is 7.05 Å². The fourth-order valence-corrected chi connectivity index (χ4v) is 2.76. The molecule has 0 aliphatic heterocycles. The van der Waals surface area contributed by atoms with Crippen molar-refractivity contribution in [2.45, 2.75) is 5.75 Å². The highest BCUT2D eigenvalue weighted by atomic mass is 35.5. The summed E-state index contributed by atoms with van der Waals surface area (Å²) in [6.07, 6.45) is 1.59. The minimum atomic E-state index is -3.33. The van der Waals surface area contributed by atoms with Gasteiger partial charge in [-0.1, -0.05) is 6.07 Å². The highest BCUT2D eigenvalue weighted by Gasteiger charge is 2.13. The normalized spacial score (nSPS) is 11.9. The average Bonchev–Trinajstić information content (AvgIpc) is 2.80. The maximum atomic E-state index is 11.7. The molecule has 1 aromatic heterocycles. The quantitative estimate of drug-likeness (QED) is 0.651. The van der Waals surface area contributed by atoms with Gasteiger partial charge in [-0.25, -0.2) is 13.1 Å². The fourth-order valence-electron chi connectivity index (χ4n) is 1.85. The Bertz CT molecular complexity index is 722. The molecule has 0 radical (unpaired) electrons. The zero-order valence-corrected chi connectivity index (χ0v) is 11.8. The van der Waals surface area contributed by atoms with Crippen molar-refractivity contribution in [1.82, 2.24) is 9.71 Å². The smallest absolute Gasteiger partial charge is 0.215 e. The zero-order chi connectivity index (χ0) is 14.0. The number of fused-ring (bicyclic) bond motifs is 1. The molecule has 0 unspecified atom stereocenters. The van der Waals surface area contributed by atoms with Gasteiger partial charge in [0.1, 0.15) is 0 Å². The van der Waals surface area contributed by atoms with Crippen molar-refractivity contribution in [2.24, 2.45) is 0 Å². The molecule has 19 heavy (non-hydrogen) atoms. The second-order valence-electron chi connectivity index (χ2n) is 4.10. The molecule has 5 nitrogen and oxygen atoms in total. The Morgan fingerprint density at radius 2 is 2.16 bits per heavy atom. The first-order valence-corrected chi connectivity index (χ1v) is 7.76. The van der Waals surface area contributed by atoms with E-state index in [0.717, 1.165) is 5.52 Å². The number of sulfonamides is 1. The van der Waals surface area contributed by atoms with Crippen LogP contribution in [0.2, 0.25) is 0 Å². The van der Waals surface area contributed by atoms with Crippen molar-refractivity contribution in [1.29, 1.82) is 0 Å². The Labute approximate surface area is 116 Å². The summed E-state index contributed by atoms with van der Waals surface area (Å²) >= 11 is 5.54. The van der Waals surface area contributed by atoms with Crippen LogP contribution >= 0.6 is 11.6 Å². The summed E-state index contributed by atoms with van der Waals surface area (Å²) < 4.78 is 25.3. The third-order valence-electron chi connectivity index (χ3n) is 2.84. The molecule has 0 saturated heterocycles. The lowest BCUT2D eigenvalue weighted by atomic mass is 10.1. The lowest BCUT2D eigenvalue weighted by Gasteiger charge is -2.03. The maximum absolute atomic E-state index is 11.7. The van der Waals surface area contributed by atoms with Gasteiger partial charge < -0.3 is 4.98 Å². The summed E-state index contributed by atoms with van der Waals surface area (Å²) in [7, 11) is -1.97. The van der Waals surface area contributed by atoms with Crippen LogP contribution in [-0.4, -0.2) is 32.1 Å². The van der Waals surface area contributed by atoms with E-state index in [2.05, 4.69) is 9.71 Å². The Balaban J connectivity index is 2.47. The number of nitrogens with one attached hydrogen (secondary N) is 2. The lowest BCUT2D eigenvalue weighted by Crippen LogP contribution is -2.20. The molecule has 0 aliphatic carbocycles. The van der Waals surface area contributed by atoms with E-state index >= 15 is 0 Å². The number of rotatable bonds is 5. The highest BCUT2D eigenvalue weighted by molar-refractivity contribution is 7.88. The average molecular weight is 301 g/mol. The Hall–Kier alpha value is -1.37. The molecule has 102 valence electrons. The van der Waals surface area contributed by atoms with Crippen LogP contribution in [-0.2, 0) is 15.8 Å². The second-order valence-corrected chi connectivity index (χ2v) is 6.30. The molecule has 2 aromatic rings. The van der Waals surface area contributed by atoms with Gasteiger partial charge in [-0.05, 0) is 24.7 Å². The number of alkyl halides is 1. The maximum Gasteiger partial charge on any atom is 0.215 e. The first kappa shape index (κ1) is 14.0. The van der Waals surface area contributed by atoms with Gasteiger partial charge in [0.15, 0.2) is 5.78 Å². The molecule has 2 N–H and O–H groups in total. The van der Waals surface area contributed by atoms with Crippen molar-refractivity contribution in [3.8, 4) is 0 Å². The predicted molar refractivity (Wildman–Crippen MR) is 75.0 cm³/mol. The van der Waals surface area contributed by atoms with Crippen LogP contribution in [0, 0.1) is 0 Å². The zero-order valence-electron chi connectivity index (χ0n) is 10.2.